The lowest BCUT2D eigenvalue weighted by Gasteiger charge is -2.22. The summed E-state index contributed by atoms with van der Waals surface area (Å²) in [5.74, 6) is 0.0921. The topological polar surface area (TPSA) is 33.2 Å². The Morgan fingerprint density at radius 1 is 1.24 bits per heavy atom. The lowest BCUT2D eigenvalue weighted by Crippen LogP contribution is -2.28. The quantitative estimate of drug-likeness (QED) is 0.625. The van der Waals surface area contributed by atoms with Crippen LogP contribution in [0.5, 0.6) is 0 Å². The number of thiophene rings is 1. The molecule has 1 amide bonds. The van der Waals surface area contributed by atoms with Crippen molar-refractivity contribution in [2.75, 3.05) is 6.54 Å². The van der Waals surface area contributed by atoms with Crippen molar-refractivity contribution in [2.24, 2.45) is 0 Å². The molecule has 4 heteroatoms. The van der Waals surface area contributed by atoms with E-state index in [4.69, 9.17) is 0 Å². The molecule has 1 aromatic carbocycles. The van der Waals surface area contributed by atoms with Gasteiger partial charge in [-0.15, -0.1) is 11.3 Å². The zero-order valence-corrected chi connectivity index (χ0v) is 15.0. The van der Waals surface area contributed by atoms with Crippen molar-refractivity contribution in [2.45, 2.75) is 25.8 Å². The number of aryl methyl sites for hydroxylation is 1. The fourth-order valence-electron chi connectivity index (χ4n) is 3.48. The predicted octanol–water partition coefficient (Wildman–Crippen LogP) is 4.98. The largest absolute Gasteiger partial charge is 0.331 e. The molecule has 2 aromatic heterocycles. The molecule has 1 unspecified atom stereocenters. The van der Waals surface area contributed by atoms with Gasteiger partial charge in [0.2, 0.25) is 5.91 Å². The Balaban J connectivity index is 1.57. The fourth-order valence-corrected chi connectivity index (χ4v) is 4.50. The maximum absolute atomic E-state index is 12.8. The summed E-state index contributed by atoms with van der Waals surface area (Å²) < 4.78 is 0. The molecule has 126 valence electrons. The third-order valence-corrected chi connectivity index (χ3v) is 5.82. The van der Waals surface area contributed by atoms with E-state index in [1.165, 1.54) is 9.75 Å². The molecule has 1 aliphatic rings. The van der Waals surface area contributed by atoms with Gasteiger partial charge in [0.15, 0.2) is 0 Å². The molecule has 3 heterocycles. The fraction of sp³-hybridized carbons (Fsp3) is 0.238. The minimum Gasteiger partial charge on any atom is -0.331 e. The van der Waals surface area contributed by atoms with E-state index in [1.54, 1.807) is 23.6 Å². The first kappa shape index (κ1) is 16.0. The minimum absolute atomic E-state index is 0.0921. The summed E-state index contributed by atoms with van der Waals surface area (Å²) in [6.07, 6.45) is 7.54. The van der Waals surface area contributed by atoms with Crippen LogP contribution in [0.15, 0.2) is 54.7 Å². The van der Waals surface area contributed by atoms with E-state index in [2.05, 4.69) is 24.0 Å². The minimum atomic E-state index is 0.0921. The average molecular weight is 348 g/mol. The number of carbonyl (C=O) groups excluding carboxylic acids is 1. The van der Waals surface area contributed by atoms with Gasteiger partial charge < -0.3 is 4.90 Å². The molecule has 0 radical (unpaired) electrons. The van der Waals surface area contributed by atoms with Crippen LogP contribution in [0.3, 0.4) is 0 Å². The highest BCUT2D eigenvalue weighted by atomic mass is 32.1. The standard InChI is InChI=1S/C21H20N2OS/c1-15-8-10-20(25-15)19-7-4-14-23(19)21(24)11-9-16-12-13-22-18-6-3-2-5-17(16)18/h2-3,5-6,8-13,19H,4,7,14H2,1H3/b11-9+. The number of para-hydroxylation sites is 1. The van der Waals surface area contributed by atoms with Crippen LogP contribution in [0.1, 0.15) is 34.2 Å². The van der Waals surface area contributed by atoms with Gasteiger partial charge in [-0.1, -0.05) is 18.2 Å². The highest BCUT2D eigenvalue weighted by Crippen LogP contribution is 2.36. The van der Waals surface area contributed by atoms with Gasteiger partial charge in [0, 0.05) is 34.0 Å². The highest BCUT2D eigenvalue weighted by molar-refractivity contribution is 7.12. The average Bonchev–Trinajstić information content (AvgIpc) is 3.28. The van der Waals surface area contributed by atoms with Crippen molar-refractivity contribution in [3.8, 4) is 0 Å². The van der Waals surface area contributed by atoms with Crippen molar-refractivity contribution >= 4 is 34.2 Å². The molecular formula is C21H20N2OS. The van der Waals surface area contributed by atoms with Crippen LogP contribution >= 0.6 is 11.3 Å². The Kier molecular flexibility index (Phi) is 4.36. The molecule has 3 aromatic rings. The number of fused-ring (bicyclic) bond motifs is 1. The lowest BCUT2D eigenvalue weighted by atomic mass is 10.1. The number of pyridine rings is 1. The molecule has 0 spiro atoms. The van der Waals surface area contributed by atoms with Gasteiger partial charge in [-0.2, -0.15) is 0 Å². The van der Waals surface area contributed by atoms with Crippen LogP contribution < -0.4 is 0 Å². The van der Waals surface area contributed by atoms with E-state index in [9.17, 15) is 4.79 Å². The number of hydrogen-bond donors (Lipinski definition) is 0. The number of carbonyl (C=O) groups is 1. The maximum atomic E-state index is 12.8. The zero-order chi connectivity index (χ0) is 17.2. The second kappa shape index (κ2) is 6.81. The van der Waals surface area contributed by atoms with E-state index in [-0.39, 0.29) is 11.9 Å². The van der Waals surface area contributed by atoms with Crippen LogP contribution in [0.2, 0.25) is 0 Å². The molecule has 0 N–H and O–H groups in total. The maximum Gasteiger partial charge on any atom is 0.247 e. The molecule has 0 aliphatic carbocycles. The van der Waals surface area contributed by atoms with Crippen LogP contribution in [0.4, 0.5) is 0 Å². The highest BCUT2D eigenvalue weighted by Gasteiger charge is 2.29. The van der Waals surface area contributed by atoms with E-state index in [0.717, 1.165) is 35.9 Å². The Hall–Kier alpha value is -2.46. The molecule has 25 heavy (non-hydrogen) atoms. The molecule has 4 rings (SSSR count). The molecule has 1 saturated heterocycles. The molecule has 1 fully saturated rings. The number of rotatable bonds is 3. The SMILES string of the molecule is Cc1ccc(C2CCCN2C(=O)/C=C/c2ccnc3ccccc23)s1. The number of aromatic nitrogens is 1. The van der Waals surface area contributed by atoms with Gasteiger partial charge >= 0.3 is 0 Å². The van der Waals surface area contributed by atoms with E-state index >= 15 is 0 Å². The number of benzene rings is 1. The first-order valence-electron chi connectivity index (χ1n) is 8.61. The Morgan fingerprint density at radius 3 is 2.96 bits per heavy atom. The predicted molar refractivity (Wildman–Crippen MR) is 104 cm³/mol. The van der Waals surface area contributed by atoms with Gasteiger partial charge in [-0.3, -0.25) is 9.78 Å². The van der Waals surface area contributed by atoms with Crippen molar-refractivity contribution < 1.29 is 4.79 Å². The van der Waals surface area contributed by atoms with Gasteiger partial charge in [0.25, 0.3) is 0 Å². The zero-order valence-electron chi connectivity index (χ0n) is 14.2. The van der Waals surface area contributed by atoms with Crippen LogP contribution in [0, 0.1) is 6.92 Å². The summed E-state index contributed by atoms with van der Waals surface area (Å²) in [6.45, 7) is 2.95. The normalized spacial score (nSPS) is 17.6. The molecule has 3 nitrogen and oxygen atoms in total. The monoisotopic (exact) mass is 348 g/mol. The summed E-state index contributed by atoms with van der Waals surface area (Å²) in [5, 5.41) is 1.07. The lowest BCUT2D eigenvalue weighted by molar-refractivity contribution is -0.126. The molecule has 1 atom stereocenters. The summed E-state index contributed by atoms with van der Waals surface area (Å²) in [7, 11) is 0. The smallest absolute Gasteiger partial charge is 0.247 e. The number of hydrogen-bond acceptors (Lipinski definition) is 3. The van der Waals surface area contributed by atoms with Crippen LogP contribution in [-0.4, -0.2) is 22.3 Å². The van der Waals surface area contributed by atoms with E-state index in [1.807, 2.05) is 41.3 Å². The summed E-state index contributed by atoms with van der Waals surface area (Å²) in [5.41, 5.74) is 1.98. The Morgan fingerprint density at radius 2 is 2.12 bits per heavy atom. The third-order valence-electron chi connectivity index (χ3n) is 4.71. The first-order chi connectivity index (χ1) is 12.2. The number of likely N-dealkylation sites (tertiary alicyclic amines) is 1. The van der Waals surface area contributed by atoms with Gasteiger partial charge in [0.05, 0.1) is 11.6 Å². The Labute approximate surface area is 151 Å². The summed E-state index contributed by atoms with van der Waals surface area (Å²) >= 11 is 1.80. The van der Waals surface area contributed by atoms with Gasteiger partial charge in [-0.25, -0.2) is 0 Å². The van der Waals surface area contributed by atoms with E-state index < -0.39 is 0 Å². The third kappa shape index (κ3) is 3.22. The summed E-state index contributed by atoms with van der Waals surface area (Å²) in [4.78, 5) is 21.7. The Bertz CT molecular complexity index is 938. The van der Waals surface area contributed by atoms with Crippen molar-refractivity contribution in [3.05, 3.63) is 70.1 Å². The summed E-state index contributed by atoms with van der Waals surface area (Å²) in [6, 6.07) is 14.5. The first-order valence-corrected chi connectivity index (χ1v) is 9.43. The molecule has 0 bridgehead atoms. The molecule has 1 aliphatic heterocycles. The van der Waals surface area contributed by atoms with Gasteiger partial charge in [-0.05, 0) is 55.7 Å². The van der Waals surface area contributed by atoms with Crippen molar-refractivity contribution in [1.29, 1.82) is 0 Å². The second-order valence-corrected chi connectivity index (χ2v) is 7.71. The van der Waals surface area contributed by atoms with Crippen LogP contribution in [-0.2, 0) is 4.79 Å². The second-order valence-electron chi connectivity index (χ2n) is 6.39. The van der Waals surface area contributed by atoms with Crippen molar-refractivity contribution in [1.82, 2.24) is 9.88 Å². The van der Waals surface area contributed by atoms with Crippen LogP contribution in [0.25, 0.3) is 17.0 Å². The number of amides is 1. The van der Waals surface area contributed by atoms with Gasteiger partial charge in [0.1, 0.15) is 0 Å². The van der Waals surface area contributed by atoms with Crippen molar-refractivity contribution in [3.63, 3.8) is 0 Å². The molecular weight excluding hydrogens is 328 g/mol. The number of nitrogens with zero attached hydrogens (tertiary/aromatic N) is 2. The molecule has 0 saturated carbocycles. The van der Waals surface area contributed by atoms with E-state index in [0.29, 0.717) is 0 Å².